The number of thiophene rings is 1. The summed E-state index contributed by atoms with van der Waals surface area (Å²) in [5, 5.41) is 32.5. The van der Waals surface area contributed by atoms with Crippen molar-refractivity contribution in [1.29, 1.82) is 0 Å². The summed E-state index contributed by atoms with van der Waals surface area (Å²) in [6.07, 6.45) is 1.15. The van der Waals surface area contributed by atoms with Crippen LogP contribution >= 0.6 is 34.5 Å². The summed E-state index contributed by atoms with van der Waals surface area (Å²) in [6, 6.07) is 12.3. The van der Waals surface area contributed by atoms with Crippen molar-refractivity contribution in [3.05, 3.63) is 91.1 Å². The van der Waals surface area contributed by atoms with E-state index in [1.54, 1.807) is 58.8 Å². The molecule has 1 fully saturated rings. The Balaban J connectivity index is 1.51. The van der Waals surface area contributed by atoms with Crippen molar-refractivity contribution in [2.24, 2.45) is 0 Å². The van der Waals surface area contributed by atoms with E-state index in [-0.39, 0.29) is 12.5 Å². The standard InChI is InChI=1S/C29H30Cl2N2O6S/c30-17-9-10-21(22(31)12-17)27-26(28(37)32-39-14-18-11-16(15-40-18)25(36)13-34)19-5-1-2-6-20(19)29(38)33(27)23-7-3-4-8-24(23)35/h1-2,5-6,9-12,15,23-27,34-36H,3-4,7-8,13-14H2,(H,32,37)/t23-,24-,25?,26+,27-/m0/s1. The summed E-state index contributed by atoms with van der Waals surface area (Å²) < 4.78 is 0. The van der Waals surface area contributed by atoms with Crippen molar-refractivity contribution in [2.45, 2.75) is 62.5 Å². The zero-order valence-corrected chi connectivity index (χ0v) is 23.8. The molecule has 2 aromatic carbocycles. The number of carbonyl (C=O) groups is 2. The number of nitrogens with one attached hydrogen (secondary N) is 1. The lowest BCUT2D eigenvalue weighted by Crippen LogP contribution is -2.55. The van der Waals surface area contributed by atoms with Crippen molar-refractivity contribution >= 4 is 46.4 Å². The fraction of sp³-hybridized carbons (Fsp3) is 0.379. The van der Waals surface area contributed by atoms with Crippen molar-refractivity contribution < 1.29 is 29.7 Å². The average Bonchev–Trinajstić information content (AvgIpc) is 3.42. The first-order valence-electron chi connectivity index (χ1n) is 13.1. The van der Waals surface area contributed by atoms with Gasteiger partial charge in [-0.1, -0.05) is 60.3 Å². The van der Waals surface area contributed by atoms with Gasteiger partial charge in [-0.2, -0.15) is 0 Å². The first-order chi connectivity index (χ1) is 19.3. The minimum atomic E-state index is -0.984. The van der Waals surface area contributed by atoms with Crippen LogP contribution in [0.5, 0.6) is 0 Å². The van der Waals surface area contributed by atoms with Crippen LogP contribution in [0, 0.1) is 0 Å². The lowest BCUT2D eigenvalue weighted by Gasteiger charge is -2.48. The van der Waals surface area contributed by atoms with Gasteiger partial charge in [0.25, 0.3) is 11.8 Å². The number of aliphatic hydroxyl groups excluding tert-OH is 3. The number of fused-ring (bicyclic) bond motifs is 1. The van der Waals surface area contributed by atoms with Gasteiger partial charge in [0.15, 0.2) is 0 Å². The van der Waals surface area contributed by atoms with Crippen molar-refractivity contribution in [1.82, 2.24) is 10.4 Å². The number of benzene rings is 2. The predicted molar refractivity (Wildman–Crippen MR) is 152 cm³/mol. The number of hydrogen-bond donors (Lipinski definition) is 4. The number of hydrogen-bond acceptors (Lipinski definition) is 7. The van der Waals surface area contributed by atoms with Gasteiger partial charge in [0.2, 0.25) is 0 Å². The maximum atomic E-state index is 14.0. The number of rotatable bonds is 8. The van der Waals surface area contributed by atoms with E-state index in [1.165, 1.54) is 11.3 Å². The monoisotopic (exact) mass is 604 g/mol. The second-order valence-electron chi connectivity index (χ2n) is 10.1. The molecule has 1 saturated carbocycles. The average molecular weight is 606 g/mol. The van der Waals surface area contributed by atoms with Gasteiger partial charge in [-0.05, 0) is 59.2 Å². The summed E-state index contributed by atoms with van der Waals surface area (Å²) in [7, 11) is 0. The summed E-state index contributed by atoms with van der Waals surface area (Å²) in [5.41, 5.74) is 4.60. The molecule has 2 aliphatic rings. The van der Waals surface area contributed by atoms with Crippen LogP contribution in [0.25, 0.3) is 0 Å². The van der Waals surface area contributed by atoms with E-state index >= 15 is 0 Å². The van der Waals surface area contributed by atoms with E-state index in [0.29, 0.717) is 45.1 Å². The Labute approximate surface area is 246 Å². The Kier molecular flexibility index (Phi) is 9.11. The van der Waals surface area contributed by atoms with Crippen molar-refractivity contribution in [2.75, 3.05) is 6.61 Å². The molecule has 1 aliphatic carbocycles. The van der Waals surface area contributed by atoms with E-state index < -0.39 is 42.7 Å². The predicted octanol–water partition coefficient (Wildman–Crippen LogP) is 4.91. The van der Waals surface area contributed by atoms with Gasteiger partial charge >= 0.3 is 0 Å². The van der Waals surface area contributed by atoms with Gasteiger partial charge in [-0.25, -0.2) is 5.48 Å². The zero-order chi connectivity index (χ0) is 28.4. The van der Waals surface area contributed by atoms with Gasteiger partial charge in [0.05, 0.1) is 30.7 Å². The number of amides is 2. The summed E-state index contributed by atoms with van der Waals surface area (Å²) in [6.45, 7) is -0.353. The van der Waals surface area contributed by atoms with Gasteiger partial charge < -0.3 is 20.2 Å². The lowest BCUT2D eigenvalue weighted by atomic mass is 9.77. The summed E-state index contributed by atoms with van der Waals surface area (Å²) in [5.74, 6) is -1.63. The molecule has 4 N–H and O–H groups in total. The summed E-state index contributed by atoms with van der Waals surface area (Å²) in [4.78, 5) is 35.9. The molecule has 5 atom stereocenters. The molecule has 1 aromatic heterocycles. The molecule has 8 nitrogen and oxygen atoms in total. The SMILES string of the molecule is O=C(NOCc1cc(C(O)CO)cs1)[C@@H]1c2ccccc2C(=O)N([C@H]2CCCC[C@@H]2O)[C@H]1c1ccc(Cl)cc1Cl. The molecular formula is C29H30Cl2N2O6S. The third-order valence-corrected chi connectivity index (χ3v) is 9.10. The Bertz CT molecular complexity index is 1380. The van der Waals surface area contributed by atoms with Gasteiger partial charge in [0, 0.05) is 20.5 Å². The van der Waals surface area contributed by atoms with Crippen LogP contribution in [0.2, 0.25) is 10.0 Å². The van der Waals surface area contributed by atoms with E-state index in [9.17, 15) is 24.9 Å². The molecule has 0 radical (unpaired) electrons. The molecule has 0 saturated heterocycles. The van der Waals surface area contributed by atoms with E-state index in [0.717, 1.165) is 17.7 Å². The highest BCUT2D eigenvalue weighted by molar-refractivity contribution is 7.10. The van der Waals surface area contributed by atoms with Crippen LogP contribution in [-0.2, 0) is 16.2 Å². The first kappa shape index (κ1) is 29.0. The highest BCUT2D eigenvalue weighted by Gasteiger charge is 2.49. The number of nitrogens with zero attached hydrogens (tertiary/aromatic N) is 1. The normalized spacial score (nSPS) is 23.5. The van der Waals surface area contributed by atoms with E-state index in [2.05, 4.69) is 5.48 Å². The van der Waals surface area contributed by atoms with Crippen LogP contribution in [0.1, 0.15) is 75.7 Å². The highest BCUT2D eigenvalue weighted by Crippen LogP contribution is 2.47. The van der Waals surface area contributed by atoms with Gasteiger partial charge in [-0.15, -0.1) is 11.3 Å². The molecule has 40 heavy (non-hydrogen) atoms. The maximum absolute atomic E-state index is 14.0. The topological polar surface area (TPSA) is 119 Å². The Morgan fingerprint density at radius 2 is 1.90 bits per heavy atom. The van der Waals surface area contributed by atoms with Crippen LogP contribution in [0.4, 0.5) is 0 Å². The number of hydroxylamine groups is 1. The molecule has 212 valence electrons. The van der Waals surface area contributed by atoms with Crippen LogP contribution in [0.15, 0.2) is 53.9 Å². The van der Waals surface area contributed by atoms with Crippen molar-refractivity contribution in [3.63, 3.8) is 0 Å². The molecule has 1 aliphatic heterocycles. The maximum Gasteiger partial charge on any atom is 0.255 e. The van der Waals surface area contributed by atoms with E-state index in [4.69, 9.17) is 28.0 Å². The van der Waals surface area contributed by atoms with Crippen molar-refractivity contribution in [3.8, 4) is 0 Å². The third-order valence-electron chi connectivity index (χ3n) is 7.61. The van der Waals surface area contributed by atoms with E-state index in [1.807, 2.05) is 0 Å². The van der Waals surface area contributed by atoms with Crippen LogP contribution in [0.3, 0.4) is 0 Å². The minimum Gasteiger partial charge on any atom is -0.393 e. The Hall–Kier alpha value is -2.50. The molecule has 2 heterocycles. The molecule has 5 rings (SSSR count). The quantitative estimate of drug-likeness (QED) is 0.271. The molecule has 3 aromatic rings. The molecule has 0 bridgehead atoms. The number of halogens is 2. The number of aliphatic hydroxyl groups is 3. The largest absolute Gasteiger partial charge is 0.393 e. The molecule has 0 spiro atoms. The minimum absolute atomic E-state index is 0.0409. The molecule has 2 amide bonds. The first-order valence-corrected chi connectivity index (χ1v) is 14.8. The molecular weight excluding hydrogens is 575 g/mol. The Morgan fingerprint density at radius 1 is 1.12 bits per heavy atom. The Morgan fingerprint density at radius 3 is 2.65 bits per heavy atom. The van der Waals surface area contributed by atoms with Crippen LogP contribution < -0.4 is 5.48 Å². The lowest BCUT2D eigenvalue weighted by molar-refractivity contribution is -0.138. The van der Waals surface area contributed by atoms with Gasteiger partial charge in [-0.3, -0.25) is 14.4 Å². The second kappa shape index (κ2) is 12.6. The third kappa shape index (κ3) is 5.78. The fourth-order valence-corrected chi connectivity index (χ4v) is 7.05. The summed E-state index contributed by atoms with van der Waals surface area (Å²) >= 11 is 14.2. The fourth-order valence-electron chi connectivity index (χ4n) is 5.68. The second-order valence-corrected chi connectivity index (χ2v) is 11.9. The molecule has 11 heteroatoms. The highest BCUT2D eigenvalue weighted by atomic mass is 35.5. The smallest absolute Gasteiger partial charge is 0.255 e. The van der Waals surface area contributed by atoms with Gasteiger partial charge in [0.1, 0.15) is 12.7 Å². The van der Waals surface area contributed by atoms with Crippen LogP contribution in [-0.4, -0.2) is 50.8 Å². The zero-order valence-electron chi connectivity index (χ0n) is 21.5. The number of carbonyl (C=O) groups excluding carboxylic acids is 2. The molecule has 1 unspecified atom stereocenters.